The highest BCUT2D eigenvalue weighted by Gasteiger charge is 2.41. The second-order valence-corrected chi connectivity index (χ2v) is 6.49. The van der Waals surface area contributed by atoms with Crippen molar-refractivity contribution >= 4 is 17.4 Å². The normalized spacial score (nSPS) is 18.3. The number of ether oxygens (including phenoxy) is 1. The lowest BCUT2D eigenvalue weighted by atomic mass is 10.0. The Labute approximate surface area is 149 Å². The molecule has 5 nitrogen and oxygen atoms in total. The van der Waals surface area contributed by atoms with E-state index in [-0.39, 0.29) is 11.8 Å². The van der Waals surface area contributed by atoms with Gasteiger partial charge >= 0.3 is 0 Å². The SMILES string of the molecule is CCCN1C(=O)C(c2ccc(OCC)cc2)=C(N2CCCCC2)C1=O. The maximum Gasteiger partial charge on any atom is 0.277 e. The predicted molar refractivity (Wildman–Crippen MR) is 97.0 cm³/mol. The van der Waals surface area contributed by atoms with Crippen LogP contribution in [-0.2, 0) is 9.59 Å². The van der Waals surface area contributed by atoms with Crippen molar-refractivity contribution in [2.75, 3.05) is 26.2 Å². The number of amides is 2. The van der Waals surface area contributed by atoms with Gasteiger partial charge in [-0.05, 0) is 50.3 Å². The van der Waals surface area contributed by atoms with E-state index in [0.29, 0.717) is 24.4 Å². The van der Waals surface area contributed by atoms with E-state index in [0.717, 1.165) is 43.7 Å². The number of hydrogen-bond donors (Lipinski definition) is 0. The third-order valence-corrected chi connectivity index (χ3v) is 4.72. The average molecular weight is 342 g/mol. The van der Waals surface area contributed by atoms with Gasteiger partial charge in [0.2, 0.25) is 0 Å². The van der Waals surface area contributed by atoms with Crippen LogP contribution in [0, 0.1) is 0 Å². The Kier molecular flexibility index (Phi) is 5.41. The molecule has 25 heavy (non-hydrogen) atoms. The van der Waals surface area contributed by atoms with E-state index < -0.39 is 0 Å². The zero-order valence-electron chi connectivity index (χ0n) is 15.1. The molecule has 1 aromatic carbocycles. The number of likely N-dealkylation sites (tertiary alicyclic amines) is 1. The molecule has 1 fully saturated rings. The van der Waals surface area contributed by atoms with E-state index in [1.165, 1.54) is 11.3 Å². The fourth-order valence-corrected chi connectivity index (χ4v) is 3.55. The van der Waals surface area contributed by atoms with Crippen molar-refractivity contribution in [3.8, 4) is 5.75 Å². The minimum atomic E-state index is -0.170. The fourth-order valence-electron chi connectivity index (χ4n) is 3.55. The Morgan fingerprint density at radius 1 is 0.960 bits per heavy atom. The summed E-state index contributed by atoms with van der Waals surface area (Å²) in [5.74, 6) is 0.461. The first-order chi connectivity index (χ1) is 12.2. The predicted octanol–water partition coefficient (Wildman–Crippen LogP) is 3.06. The van der Waals surface area contributed by atoms with Crippen LogP contribution in [0.4, 0.5) is 0 Å². The highest BCUT2D eigenvalue weighted by Crippen LogP contribution is 2.33. The molecule has 1 saturated heterocycles. The Morgan fingerprint density at radius 2 is 1.64 bits per heavy atom. The number of piperidine rings is 1. The summed E-state index contributed by atoms with van der Waals surface area (Å²) in [7, 11) is 0. The maximum atomic E-state index is 13.0. The molecule has 0 unspecified atom stereocenters. The Bertz CT molecular complexity index is 673. The highest BCUT2D eigenvalue weighted by atomic mass is 16.5. The summed E-state index contributed by atoms with van der Waals surface area (Å²) in [6.07, 6.45) is 4.08. The first-order valence-corrected chi connectivity index (χ1v) is 9.26. The zero-order chi connectivity index (χ0) is 17.8. The number of carbonyl (C=O) groups is 2. The molecule has 0 saturated carbocycles. The van der Waals surface area contributed by atoms with Gasteiger partial charge in [0.05, 0.1) is 12.2 Å². The van der Waals surface area contributed by atoms with Crippen LogP contribution < -0.4 is 4.74 Å². The molecule has 0 radical (unpaired) electrons. The van der Waals surface area contributed by atoms with E-state index in [1.807, 2.05) is 38.1 Å². The molecule has 0 spiro atoms. The van der Waals surface area contributed by atoms with Crippen molar-refractivity contribution < 1.29 is 14.3 Å². The van der Waals surface area contributed by atoms with Gasteiger partial charge in [0.15, 0.2) is 0 Å². The first kappa shape index (κ1) is 17.5. The second kappa shape index (κ2) is 7.72. The third kappa shape index (κ3) is 3.41. The second-order valence-electron chi connectivity index (χ2n) is 6.49. The molecular formula is C20H26N2O3. The molecule has 3 rings (SSSR count). The van der Waals surface area contributed by atoms with Gasteiger partial charge in [-0.1, -0.05) is 19.1 Å². The number of imide groups is 1. The summed E-state index contributed by atoms with van der Waals surface area (Å²) in [5, 5.41) is 0. The van der Waals surface area contributed by atoms with Crippen LogP contribution in [0.1, 0.15) is 45.1 Å². The lowest BCUT2D eigenvalue weighted by Gasteiger charge is -2.29. The van der Waals surface area contributed by atoms with Crippen LogP contribution in [-0.4, -0.2) is 47.9 Å². The summed E-state index contributed by atoms with van der Waals surface area (Å²) in [4.78, 5) is 29.4. The van der Waals surface area contributed by atoms with Crippen LogP contribution in [0.2, 0.25) is 0 Å². The molecule has 0 aromatic heterocycles. The van der Waals surface area contributed by atoms with Gasteiger partial charge in [-0.2, -0.15) is 0 Å². The van der Waals surface area contributed by atoms with Gasteiger partial charge in [0.25, 0.3) is 11.8 Å². The summed E-state index contributed by atoms with van der Waals surface area (Å²) < 4.78 is 5.49. The number of nitrogens with zero attached hydrogens (tertiary/aromatic N) is 2. The summed E-state index contributed by atoms with van der Waals surface area (Å²) in [5.41, 5.74) is 1.92. The quantitative estimate of drug-likeness (QED) is 0.746. The molecule has 2 amide bonds. The third-order valence-electron chi connectivity index (χ3n) is 4.72. The number of benzene rings is 1. The summed E-state index contributed by atoms with van der Waals surface area (Å²) >= 11 is 0. The molecule has 0 aliphatic carbocycles. The van der Waals surface area contributed by atoms with Crippen LogP contribution in [0.5, 0.6) is 5.75 Å². The summed E-state index contributed by atoms with van der Waals surface area (Å²) in [6.45, 7) is 6.67. The first-order valence-electron chi connectivity index (χ1n) is 9.26. The van der Waals surface area contributed by atoms with Crippen LogP contribution in [0.25, 0.3) is 5.57 Å². The number of carbonyl (C=O) groups excluding carboxylic acids is 2. The Hall–Kier alpha value is -2.30. The van der Waals surface area contributed by atoms with Gasteiger partial charge in [-0.3, -0.25) is 14.5 Å². The van der Waals surface area contributed by atoms with Gasteiger partial charge in [0.1, 0.15) is 11.4 Å². The van der Waals surface area contributed by atoms with Gasteiger partial charge < -0.3 is 9.64 Å². The molecule has 2 aliphatic rings. The van der Waals surface area contributed by atoms with E-state index in [2.05, 4.69) is 4.90 Å². The van der Waals surface area contributed by atoms with Crippen molar-refractivity contribution in [1.82, 2.24) is 9.80 Å². The minimum Gasteiger partial charge on any atom is -0.494 e. The van der Waals surface area contributed by atoms with Crippen molar-refractivity contribution in [1.29, 1.82) is 0 Å². The van der Waals surface area contributed by atoms with E-state index >= 15 is 0 Å². The van der Waals surface area contributed by atoms with Gasteiger partial charge in [-0.15, -0.1) is 0 Å². The van der Waals surface area contributed by atoms with Crippen molar-refractivity contribution in [3.05, 3.63) is 35.5 Å². The van der Waals surface area contributed by atoms with E-state index in [9.17, 15) is 9.59 Å². The minimum absolute atomic E-state index is 0.141. The molecule has 2 aliphatic heterocycles. The number of rotatable bonds is 6. The lowest BCUT2D eigenvalue weighted by molar-refractivity contribution is -0.137. The smallest absolute Gasteiger partial charge is 0.277 e. The summed E-state index contributed by atoms with van der Waals surface area (Å²) in [6, 6.07) is 7.48. The van der Waals surface area contributed by atoms with Crippen molar-refractivity contribution in [2.24, 2.45) is 0 Å². The fraction of sp³-hybridized carbons (Fsp3) is 0.500. The van der Waals surface area contributed by atoms with Crippen LogP contribution in [0.3, 0.4) is 0 Å². The van der Waals surface area contributed by atoms with E-state index in [1.54, 1.807) is 0 Å². The van der Waals surface area contributed by atoms with Crippen molar-refractivity contribution in [2.45, 2.75) is 39.5 Å². The van der Waals surface area contributed by atoms with Gasteiger partial charge in [0, 0.05) is 19.6 Å². The topological polar surface area (TPSA) is 49.9 Å². The molecule has 2 heterocycles. The Morgan fingerprint density at radius 3 is 2.24 bits per heavy atom. The maximum absolute atomic E-state index is 13.0. The molecule has 134 valence electrons. The molecule has 0 atom stereocenters. The molecular weight excluding hydrogens is 316 g/mol. The molecule has 5 heteroatoms. The average Bonchev–Trinajstić information content (AvgIpc) is 2.88. The standard InChI is InChI=1S/C20H26N2O3/c1-3-12-22-19(23)17(15-8-10-16(11-9-15)25-4-2)18(20(22)24)21-13-6-5-7-14-21/h8-11H,3-7,12-14H2,1-2H3. The largest absolute Gasteiger partial charge is 0.494 e. The molecule has 0 bridgehead atoms. The lowest BCUT2D eigenvalue weighted by Crippen LogP contribution is -2.37. The number of hydrogen-bond acceptors (Lipinski definition) is 4. The monoisotopic (exact) mass is 342 g/mol. The van der Waals surface area contributed by atoms with E-state index in [4.69, 9.17) is 4.74 Å². The van der Waals surface area contributed by atoms with Gasteiger partial charge in [-0.25, -0.2) is 0 Å². The molecule has 1 aromatic rings. The van der Waals surface area contributed by atoms with Crippen LogP contribution in [0.15, 0.2) is 30.0 Å². The molecule has 0 N–H and O–H groups in total. The van der Waals surface area contributed by atoms with Crippen molar-refractivity contribution in [3.63, 3.8) is 0 Å². The van der Waals surface area contributed by atoms with Crippen LogP contribution >= 0.6 is 0 Å². The zero-order valence-corrected chi connectivity index (χ0v) is 15.1. The Balaban J connectivity index is 2.00. The highest BCUT2D eigenvalue weighted by molar-refractivity contribution is 6.35.